The highest BCUT2D eigenvalue weighted by Gasteiger charge is 2.17. The van der Waals surface area contributed by atoms with Crippen LogP contribution in [0, 0.1) is 13.8 Å². The van der Waals surface area contributed by atoms with Gasteiger partial charge in [-0.3, -0.25) is 0 Å². The third-order valence-corrected chi connectivity index (χ3v) is 5.06. The monoisotopic (exact) mass is 370 g/mol. The van der Waals surface area contributed by atoms with Gasteiger partial charge >= 0.3 is 0 Å². The minimum atomic E-state index is 0.263. The Bertz CT molecular complexity index is 1320. The summed E-state index contributed by atoms with van der Waals surface area (Å²) in [4.78, 5) is 7.95. The number of fused-ring (bicyclic) bond motifs is 3. The molecule has 7 heteroatoms. The molecule has 5 aromatic rings. The van der Waals surface area contributed by atoms with E-state index in [1.165, 1.54) is 0 Å². The number of benzene rings is 2. The van der Waals surface area contributed by atoms with Crippen molar-refractivity contribution < 1.29 is 5.11 Å². The van der Waals surface area contributed by atoms with Crippen LogP contribution in [0.4, 0.5) is 0 Å². The van der Waals surface area contributed by atoms with Gasteiger partial charge in [0.1, 0.15) is 11.3 Å². The summed E-state index contributed by atoms with van der Waals surface area (Å²) in [5, 5.41) is 23.8. The fraction of sp³-hybridized carbons (Fsp3) is 0.143. The molecule has 0 saturated carbocycles. The highest BCUT2D eigenvalue weighted by molar-refractivity contribution is 6.03. The van der Waals surface area contributed by atoms with Crippen LogP contribution in [0.15, 0.2) is 48.5 Å². The van der Waals surface area contributed by atoms with Crippen LogP contribution in [0.3, 0.4) is 0 Å². The summed E-state index contributed by atoms with van der Waals surface area (Å²) in [7, 11) is 0. The number of H-pyrrole nitrogens is 1. The van der Waals surface area contributed by atoms with Gasteiger partial charge in [-0.15, -0.1) is 10.2 Å². The molecule has 0 aliphatic rings. The lowest BCUT2D eigenvalue weighted by Crippen LogP contribution is -2.06. The number of hydrogen-bond acceptors (Lipinski definition) is 5. The molecule has 3 aromatic heterocycles. The molecule has 2 aromatic carbocycles. The quantitative estimate of drug-likeness (QED) is 0.506. The molecule has 0 spiro atoms. The Kier molecular flexibility index (Phi) is 3.61. The number of hydrogen-bond donors (Lipinski definition) is 2. The van der Waals surface area contributed by atoms with Gasteiger partial charge in [-0.1, -0.05) is 30.3 Å². The number of aromatic amines is 1. The van der Waals surface area contributed by atoms with E-state index >= 15 is 0 Å². The number of nitrogens with zero attached hydrogens (tertiary/aromatic N) is 5. The molecule has 0 fully saturated rings. The molecule has 0 radical (unpaired) electrons. The first kappa shape index (κ1) is 16.4. The third kappa shape index (κ3) is 2.60. The van der Waals surface area contributed by atoms with Crippen LogP contribution in [0.25, 0.3) is 28.0 Å². The molecular formula is C21H18N6O. The van der Waals surface area contributed by atoms with Crippen molar-refractivity contribution in [3.63, 3.8) is 0 Å². The number of phenols is 1. The lowest BCUT2D eigenvalue weighted by Gasteiger charge is -2.04. The molecule has 0 atom stereocenters. The number of phenolic OH excluding ortho intramolecular Hbond substituents is 1. The predicted molar refractivity (Wildman–Crippen MR) is 107 cm³/mol. The molecule has 7 nitrogen and oxygen atoms in total. The summed E-state index contributed by atoms with van der Waals surface area (Å²) >= 11 is 0. The average Bonchev–Trinajstić information content (AvgIpc) is 3.21. The van der Waals surface area contributed by atoms with Gasteiger partial charge in [0.05, 0.1) is 5.69 Å². The van der Waals surface area contributed by atoms with Crippen LogP contribution in [-0.4, -0.2) is 35.1 Å². The van der Waals surface area contributed by atoms with Crippen molar-refractivity contribution in [2.45, 2.75) is 20.3 Å². The number of nitrogens with one attached hydrogen (secondary N) is 1. The number of aryl methyl sites for hydroxylation is 1. The van der Waals surface area contributed by atoms with Gasteiger partial charge < -0.3 is 10.1 Å². The van der Waals surface area contributed by atoms with E-state index in [1.54, 1.807) is 16.8 Å². The van der Waals surface area contributed by atoms with Crippen molar-refractivity contribution in [2.75, 3.05) is 0 Å². The van der Waals surface area contributed by atoms with E-state index in [-0.39, 0.29) is 5.75 Å². The standard InChI is InChI=1S/C21H18N6O/c1-12-17(11-14-7-9-15(28)10-8-14)13(2)27(26-12)21-23-20-19(24-25-21)16-5-3-4-6-18(16)22-20/h3-10,28H,11H2,1-2H3,(H,22,23,25). The Labute approximate surface area is 160 Å². The fourth-order valence-corrected chi connectivity index (χ4v) is 3.55. The smallest absolute Gasteiger partial charge is 0.272 e. The largest absolute Gasteiger partial charge is 0.508 e. The van der Waals surface area contributed by atoms with Crippen LogP contribution < -0.4 is 0 Å². The van der Waals surface area contributed by atoms with Crippen LogP contribution in [-0.2, 0) is 6.42 Å². The SMILES string of the molecule is Cc1nn(-c2nnc3c(n2)[nH]c2ccccc23)c(C)c1Cc1ccc(O)cc1. The van der Waals surface area contributed by atoms with Gasteiger partial charge in [-0.05, 0) is 37.6 Å². The molecule has 0 unspecified atom stereocenters. The molecule has 0 bridgehead atoms. The first-order valence-electron chi connectivity index (χ1n) is 9.04. The molecule has 0 saturated heterocycles. The zero-order valence-corrected chi connectivity index (χ0v) is 15.5. The zero-order valence-electron chi connectivity index (χ0n) is 15.5. The van der Waals surface area contributed by atoms with E-state index in [1.807, 2.05) is 50.2 Å². The van der Waals surface area contributed by atoms with Crippen LogP contribution in [0.2, 0.25) is 0 Å². The zero-order chi connectivity index (χ0) is 19.3. The van der Waals surface area contributed by atoms with Crippen molar-refractivity contribution in [2.24, 2.45) is 0 Å². The molecule has 0 aliphatic heterocycles. The van der Waals surface area contributed by atoms with E-state index in [0.29, 0.717) is 11.6 Å². The molecule has 2 N–H and O–H groups in total. The van der Waals surface area contributed by atoms with E-state index in [0.717, 1.165) is 45.4 Å². The topological polar surface area (TPSA) is 92.5 Å². The van der Waals surface area contributed by atoms with E-state index in [9.17, 15) is 5.11 Å². The minimum absolute atomic E-state index is 0.263. The lowest BCUT2D eigenvalue weighted by atomic mass is 10.0. The number of para-hydroxylation sites is 1. The summed E-state index contributed by atoms with van der Waals surface area (Å²) in [6, 6.07) is 15.2. The van der Waals surface area contributed by atoms with E-state index < -0.39 is 0 Å². The van der Waals surface area contributed by atoms with Crippen molar-refractivity contribution in [3.8, 4) is 11.7 Å². The van der Waals surface area contributed by atoms with Crippen LogP contribution in [0.1, 0.15) is 22.5 Å². The molecule has 3 heterocycles. The molecular weight excluding hydrogens is 352 g/mol. The maximum atomic E-state index is 9.48. The molecule has 5 rings (SSSR count). The van der Waals surface area contributed by atoms with Crippen molar-refractivity contribution in [1.29, 1.82) is 0 Å². The molecule has 0 aliphatic carbocycles. The Morgan fingerprint density at radius 1 is 1.00 bits per heavy atom. The van der Waals surface area contributed by atoms with Crippen LogP contribution >= 0.6 is 0 Å². The van der Waals surface area contributed by atoms with Crippen molar-refractivity contribution in [1.82, 2.24) is 29.9 Å². The lowest BCUT2D eigenvalue weighted by molar-refractivity contribution is 0.475. The number of aromatic hydroxyl groups is 1. The summed E-state index contributed by atoms with van der Waals surface area (Å²) < 4.78 is 1.74. The van der Waals surface area contributed by atoms with Gasteiger partial charge in [0.15, 0.2) is 5.65 Å². The maximum Gasteiger partial charge on any atom is 0.272 e. The second kappa shape index (κ2) is 6.16. The van der Waals surface area contributed by atoms with Gasteiger partial charge in [0.2, 0.25) is 0 Å². The Hall–Kier alpha value is -3.74. The number of rotatable bonds is 3. The average molecular weight is 370 g/mol. The highest BCUT2D eigenvalue weighted by Crippen LogP contribution is 2.24. The predicted octanol–water partition coefficient (Wildman–Crippen LogP) is 3.61. The second-order valence-corrected chi connectivity index (χ2v) is 6.88. The van der Waals surface area contributed by atoms with E-state index in [4.69, 9.17) is 0 Å². The first-order chi connectivity index (χ1) is 13.6. The Balaban J connectivity index is 1.57. The minimum Gasteiger partial charge on any atom is -0.508 e. The normalized spacial score (nSPS) is 11.5. The van der Waals surface area contributed by atoms with Gasteiger partial charge in [0.25, 0.3) is 5.95 Å². The maximum absolute atomic E-state index is 9.48. The second-order valence-electron chi connectivity index (χ2n) is 6.88. The Morgan fingerprint density at radius 2 is 1.79 bits per heavy atom. The van der Waals surface area contributed by atoms with Crippen LogP contribution in [0.5, 0.6) is 5.75 Å². The van der Waals surface area contributed by atoms with Crippen molar-refractivity contribution in [3.05, 3.63) is 71.0 Å². The summed E-state index contributed by atoms with van der Waals surface area (Å²) in [6.07, 6.45) is 0.722. The summed E-state index contributed by atoms with van der Waals surface area (Å²) in [6.45, 7) is 3.99. The molecule has 0 amide bonds. The van der Waals surface area contributed by atoms with Gasteiger partial charge in [0, 0.05) is 28.6 Å². The first-order valence-corrected chi connectivity index (χ1v) is 9.04. The summed E-state index contributed by atoms with van der Waals surface area (Å²) in [5.41, 5.74) is 6.55. The van der Waals surface area contributed by atoms with Gasteiger partial charge in [-0.2, -0.15) is 10.1 Å². The molecule has 138 valence electrons. The number of aromatic nitrogens is 6. The summed E-state index contributed by atoms with van der Waals surface area (Å²) in [5.74, 6) is 0.704. The van der Waals surface area contributed by atoms with Gasteiger partial charge in [-0.25, -0.2) is 4.68 Å². The fourth-order valence-electron chi connectivity index (χ4n) is 3.55. The van der Waals surface area contributed by atoms with E-state index in [2.05, 4.69) is 25.3 Å². The van der Waals surface area contributed by atoms with Crippen molar-refractivity contribution >= 4 is 22.1 Å². The third-order valence-electron chi connectivity index (χ3n) is 5.06. The molecule has 28 heavy (non-hydrogen) atoms. The highest BCUT2D eigenvalue weighted by atomic mass is 16.3. The Morgan fingerprint density at radius 3 is 2.61 bits per heavy atom.